The predicted octanol–water partition coefficient (Wildman–Crippen LogP) is 0.00660. The second kappa shape index (κ2) is 6.30. The molecule has 2 atom stereocenters. The van der Waals surface area contributed by atoms with Crippen LogP contribution in [0.3, 0.4) is 0 Å². The highest BCUT2D eigenvalue weighted by atomic mass is 32.2. The van der Waals surface area contributed by atoms with Crippen LogP contribution in [0.5, 0.6) is 0 Å². The van der Waals surface area contributed by atoms with Gasteiger partial charge in [-0.15, -0.1) is 0 Å². The van der Waals surface area contributed by atoms with E-state index >= 15 is 0 Å². The third-order valence-electron chi connectivity index (χ3n) is 4.76. The van der Waals surface area contributed by atoms with Crippen LogP contribution in [0.1, 0.15) is 23.2 Å². The van der Waals surface area contributed by atoms with Gasteiger partial charge in [0.2, 0.25) is 0 Å². The fourth-order valence-corrected chi connectivity index (χ4v) is 4.63. The van der Waals surface area contributed by atoms with Gasteiger partial charge in [-0.1, -0.05) is 0 Å². The Morgan fingerprint density at radius 2 is 2.00 bits per heavy atom. The molecule has 0 spiro atoms. The van der Waals surface area contributed by atoms with Gasteiger partial charge in [-0.25, -0.2) is 4.98 Å². The summed E-state index contributed by atoms with van der Waals surface area (Å²) in [5.41, 5.74) is 6.06. The zero-order valence-electron chi connectivity index (χ0n) is 13.9. The molecule has 0 saturated carbocycles. The average molecular weight is 353 g/mol. The van der Waals surface area contributed by atoms with Crippen molar-refractivity contribution in [1.82, 2.24) is 18.5 Å². The molecular weight excluding hydrogens is 330 g/mol. The van der Waals surface area contributed by atoms with Crippen molar-refractivity contribution in [2.75, 3.05) is 39.5 Å². The Hall–Kier alpha value is -1.71. The second-order valence-corrected chi connectivity index (χ2v) is 8.78. The summed E-state index contributed by atoms with van der Waals surface area (Å²) in [6.07, 6.45) is 3.23. The van der Waals surface area contributed by atoms with Crippen LogP contribution in [0, 0.1) is 5.92 Å². The summed E-state index contributed by atoms with van der Waals surface area (Å²) in [5, 5.41) is 0. The first-order valence-electron chi connectivity index (χ1n) is 7.99. The number of pyridine rings is 1. The molecule has 0 radical (unpaired) electrons. The normalized spacial score (nSPS) is 25.0. The van der Waals surface area contributed by atoms with Crippen molar-refractivity contribution in [3.8, 4) is 0 Å². The number of anilines is 1. The summed E-state index contributed by atoms with van der Waals surface area (Å²) in [6, 6.07) is 3.16. The Morgan fingerprint density at radius 3 is 2.62 bits per heavy atom. The van der Waals surface area contributed by atoms with Crippen LogP contribution in [0.4, 0.5) is 5.82 Å². The Labute approximate surface area is 142 Å². The lowest BCUT2D eigenvalue weighted by atomic mass is 9.94. The highest BCUT2D eigenvalue weighted by molar-refractivity contribution is 7.86. The number of rotatable bonds is 3. The Morgan fingerprint density at radius 1 is 1.25 bits per heavy atom. The molecule has 132 valence electrons. The van der Waals surface area contributed by atoms with E-state index in [0.717, 1.165) is 12.8 Å². The molecule has 24 heavy (non-hydrogen) atoms. The quantitative estimate of drug-likeness (QED) is 0.825. The number of hydrogen-bond donors (Lipinski definition) is 1. The maximum absolute atomic E-state index is 12.8. The summed E-state index contributed by atoms with van der Waals surface area (Å²) in [5.74, 6) is 0.414. The first-order valence-corrected chi connectivity index (χ1v) is 9.39. The van der Waals surface area contributed by atoms with Gasteiger partial charge in [0.05, 0.1) is 5.56 Å². The van der Waals surface area contributed by atoms with Crippen molar-refractivity contribution in [3.05, 3.63) is 23.9 Å². The van der Waals surface area contributed by atoms with Gasteiger partial charge in [0.25, 0.3) is 16.1 Å². The molecule has 0 unspecified atom stereocenters. The lowest BCUT2D eigenvalue weighted by molar-refractivity contribution is 0.0588. The molecule has 1 aromatic rings. The lowest BCUT2D eigenvalue weighted by Crippen LogP contribution is -2.48. The molecule has 8 nitrogen and oxygen atoms in total. The van der Waals surface area contributed by atoms with E-state index in [1.54, 1.807) is 17.0 Å². The Bertz CT molecular complexity index is 719. The molecule has 9 heteroatoms. The van der Waals surface area contributed by atoms with Gasteiger partial charge >= 0.3 is 0 Å². The molecule has 3 saturated heterocycles. The molecule has 4 rings (SSSR count). The minimum atomic E-state index is -3.47. The van der Waals surface area contributed by atoms with Crippen LogP contribution >= 0.6 is 0 Å². The van der Waals surface area contributed by atoms with E-state index in [0.29, 0.717) is 31.0 Å². The number of hydrogen-bond acceptors (Lipinski definition) is 5. The fourth-order valence-electron chi connectivity index (χ4n) is 3.40. The number of aromatic nitrogens is 1. The van der Waals surface area contributed by atoms with E-state index < -0.39 is 10.2 Å². The van der Waals surface area contributed by atoms with Crippen molar-refractivity contribution >= 4 is 21.9 Å². The van der Waals surface area contributed by atoms with Gasteiger partial charge in [0, 0.05) is 46.0 Å². The van der Waals surface area contributed by atoms with Crippen molar-refractivity contribution in [2.24, 2.45) is 5.92 Å². The molecule has 2 bridgehead atoms. The minimum Gasteiger partial charge on any atom is -0.384 e. The highest BCUT2D eigenvalue weighted by Crippen LogP contribution is 2.30. The largest absolute Gasteiger partial charge is 0.384 e. The smallest absolute Gasteiger partial charge is 0.281 e. The highest BCUT2D eigenvalue weighted by Gasteiger charge is 2.41. The molecule has 4 heterocycles. The topological polar surface area (TPSA) is 99.8 Å². The Balaban J connectivity index is 1.83. The van der Waals surface area contributed by atoms with E-state index in [2.05, 4.69) is 4.98 Å². The molecule has 0 aliphatic carbocycles. The maximum atomic E-state index is 12.8. The van der Waals surface area contributed by atoms with Crippen LogP contribution in [-0.4, -0.2) is 72.6 Å². The van der Waals surface area contributed by atoms with Crippen molar-refractivity contribution in [2.45, 2.75) is 18.9 Å². The minimum absolute atomic E-state index is 0.108. The maximum Gasteiger partial charge on any atom is 0.281 e. The standard InChI is InChI=1S/C15H23N5O3S/c1-18(2)24(22,23)19-8-11-3-5-13(10-19)20(9-11)15(21)12-4-6-14(16)17-7-12/h4,6-7,11,13H,3,5,8-10H2,1-2H3,(H2,16,17)/t11-,13+/m0/s1. The molecule has 3 fully saturated rings. The molecule has 1 aromatic heterocycles. The van der Waals surface area contributed by atoms with E-state index in [9.17, 15) is 13.2 Å². The van der Waals surface area contributed by atoms with Gasteiger partial charge in [-0.2, -0.15) is 17.0 Å². The Kier molecular flexibility index (Phi) is 4.50. The zero-order valence-corrected chi connectivity index (χ0v) is 14.7. The number of amides is 1. The molecule has 1 amide bonds. The molecule has 3 aliphatic rings. The summed E-state index contributed by atoms with van der Waals surface area (Å²) < 4.78 is 27.7. The van der Waals surface area contributed by atoms with Gasteiger partial charge in [0.15, 0.2) is 0 Å². The number of nitrogens with two attached hydrogens (primary N) is 1. The molecule has 0 aromatic carbocycles. The van der Waals surface area contributed by atoms with Crippen LogP contribution in [0.25, 0.3) is 0 Å². The average Bonchev–Trinajstić information content (AvgIpc) is 2.87. The first-order chi connectivity index (χ1) is 11.3. The van der Waals surface area contributed by atoms with Crippen molar-refractivity contribution in [3.63, 3.8) is 0 Å². The van der Waals surface area contributed by atoms with Gasteiger partial charge in [-0.3, -0.25) is 4.79 Å². The third-order valence-corrected chi connectivity index (χ3v) is 6.64. The molecule has 3 aliphatic heterocycles. The van der Waals surface area contributed by atoms with Crippen molar-refractivity contribution in [1.29, 1.82) is 0 Å². The SMILES string of the molecule is CN(C)S(=O)(=O)N1C[C@@H]2CC[C@H](C1)N(C(=O)c1ccc(N)nc1)C2. The number of fused-ring (bicyclic) bond motifs is 4. The zero-order chi connectivity index (χ0) is 17.5. The first kappa shape index (κ1) is 17.1. The number of nitrogens with zero attached hydrogens (tertiary/aromatic N) is 4. The summed E-state index contributed by atoms with van der Waals surface area (Å²) in [6.45, 7) is 1.37. The van der Waals surface area contributed by atoms with Crippen LogP contribution in [-0.2, 0) is 10.2 Å². The molecule has 2 N–H and O–H groups in total. The lowest BCUT2D eigenvalue weighted by Gasteiger charge is -2.36. The third kappa shape index (κ3) is 3.11. The van der Waals surface area contributed by atoms with Gasteiger partial charge in [-0.05, 0) is 30.9 Å². The van der Waals surface area contributed by atoms with E-state index in [4.69, 9.17) is 5.73 Å². The summed E-state index contributed by atoms with van der Waals surface area (Å²) >= 11 is 0. The monoisotopic (exact) mass is 353 g/mol. The summed E-state index contributed by atoms with van der Waals surface area (Å²) in [7, 11) is -0.403. The van der Waals surface area contributed by atoms with Crippen LogP contribution < -0.4 is 5.73 Å². The number of nitrogen functional groups attached to an aromatic ring is 1. The van der Waals surface area contributed by atoms with E-state index in [1.165, 1.54) is 28.9 Å². The predicted molar refractivity (Wildman–Crippen MR) is 90.4 cm³/mol. The number of carbonyl (C=O) groups excluding carboxylic acids is 1. The number of piperidine rings is 1. The second-order valence-electron chi connectivity index (χ2n) is 6.63. The summed E-state index contributed by atoms with van der Waals surface area (Å²) in [4.78, 5) is 18.6. The van der Waals surface area contributed by atoms with Crippen LogP contribution in [0.15, 0.2) is 18.3 Å². The van der Waals surface area contributed by atoms with Gasteiger partial charge in [0.1, 0.15) is 5.82 Å². The fraction of sp³-hybridized carbons (Fsp3) is 0.600. The van der Waals surface area contributed by atoms with E-state index in [-0.39, 0.29) is 17.9 Å². The van der Waals surface area contributed by atoms with E-state index in [1.807, 2.05) is 0 Å². The number of carbonyl (C=O) groups is 1. The molecular formula is C15H23N5O3S. The van der Waals surface area contributed by atoms with Crippen molar-refractivity contribution < 1.29 is 13.2 Å². The van der Waals surface area contributed by atoms with Crippen LogP contribution in [0.2, 0.25) is 0 Å². The van der Waals surface area contributed by atoms with Gasteiger partial charge < -0.3 is 10.6 Å².